The lowest BCUT2D eigenvalue weighted by atomic mass is 10.2. The minimum Gasteiger partial charge on any atom is -0.395 e. The van der Waals surface area contributed by atoms with E-state index in [4.69, 9.17) is 0 Å². The van der Waals surface area contributed by atoms with Gasteiger partial charge < -0.3 is 5.11 Å². The molecule has 1 aliphatic heterocycles. The maximum atomic E-state index is 12.3. The molecule has 1 aromatic carbocycles. The Balaban J connectivity index is 2.13. The van der Waals surface area contributed by atoms with Crippen LogP contribution in [0.25, 0.3) is 0 Å². The van der Waals surface area contributed by atoms with Gasteiger partial charge in [0.15, 0.2) is 0 Å². The average molecular weight is 300 g/mol. The standard InChI is InChI=1S/C12H16N2O5S/c15-8-12-2-1-7-13(12)20(18,19)9-10-3-5-11(6-4-10)14(16)17/h3-6,12,15H,1-2,7-9H2. The summed E-state index contributed by atoms with van der Waals surface area (Å²) in [6.45, 7) is 0.236. The van der Waals surface area contributed by atoms with Crippen molar-refractivity contribution >= 4 is 15.7 Å². The molecule has 0 amide bonds. The van der Waals surface area contributed by atoms with Gasteiger partial charge >= 0.3 is 0 Å². The number of hydrogen-bond donors (Lipinski definition) is 1. The summed E-state index contributed by atoms with van der Waals surface area (Å²) in [6.07, 6.45) is 1.40. The summed E-state index contributed by atoms with van der Waals surface area (Å²) in [5, 5.41) is 19.7. The molecule has 7 nitrogen and oxygen atoms in total. The first-order chi connectivity index (χ1) is 9.44. The Labute approximate surface area is 117 Å². The Morgan fingerprint density at radius 2 is 2.00 bits per heavy atom. The molecular formula is C12H16N2O5S. The van der Waals surface area contributed by atoms with Gasteiger partial charge in [-0.05, 0) is 18.4 Å². The molecule has 1 aromatic rings. The summed E-state index contributed by atoms with van der Waals surface area (Å²) < 4.78 is 25.9. The largest absolute Gasteiger partial charge is 0.395 e. The fourth-order valence-corrected chi connectivity index (χ4v) is 4.18. The van der Waals surface area contributed by atoms with Gasteiger partial charge in [-0.3, -0.25) is 10.1 Å². The van der Waals surface area contributed by atoms with Gasteiger partial charge in [-0.15, -0.1) is 0 Å². The predicted molar refractivity (Wildman–Crippen MR) is 72.5 cm³/mol. The molecule has 2 rings (SSSR count). The Hall–Kier alpha value is -1.51. The number of nitro benzene ring substituents is 1. The van der Waals surface area contributed by atoms with Crippen LogP contribution in [0.3, 0.4) is 0 Å². The Morgan fingerprint density at radius 3 is 2.55 bits per heavy atom. The lowest BCUT2D eigenvalue weighted by Crippen LogP contribution is -2.38. The highest BCUT2D eigenvalue weighted by Gasteiger charge is 2.33. The number of aliphatic hydroxyl groups excluding tert-OH is 1. The third-order valence-electron chi connectivity index (χ3n) is 3.39. The van der Waals surface area contributed by atoms with E-state index in [0.717, 1.165) is 6.42 Å². The van der Waals surface area contributed by atoms with Crippen LogP contribution < -0.4 is 0 Å². The molecule has 1 heterocycles. The molecule has 1 saturated heterocycles. The van der Waals surface area contributed by atoms with Gasteiger partial charge in [0.2, 0.25) is 10.0 Å². The highest BCUT2D eigenvalue weighted by Crippen LogP contribution is 2.23. The topological polar surface area (TPSA) is 101 Å². The first-order valence-corrected chi connectivity index (χ1v) is 7.88. The van der Waals surface area contributed by atoms with E-state index in [1.54, 1.807) is 0 Å². The van der Waals surface area contributed by atoms with Gasteiger partial charge in [0, 0.05) is 24.7 Å². The van der Waals surface area contributed by atoms with E-state index in [-0.39, 0.29) is 24.1 Å². The zero-order valence-electron chi connectivity index (χ0n) is 10.8. The molecule has 0 radical (unpaired) electrons. The highest BCUT2D eigenvalue weighted by atomic mass is 32.2. The number of nitrogens with zero attached hydrogens (tertiary/aromatic N) is 2. The SMILES string of the molecule is O=[N+]([O-])c1ccc(CS(=O)(=O)N2CCCC2CO)cc1. The Kier molecular flexibility index (Phi) is 4.36. The molecular weight excluding hydrogens is 284 g/mol. The summed E-state index contributed by atoms with van der Waals surface area (Å²) in [5.41, 5.74) is 0.430. The molecule has 0 aliphatic carbocycles. The van der Waals surface area contributed by atoms with Crippen molar-refractivity contribution in [3.8, 4) is 0 Å². The number of nitro groups is 1. The maximum absolute atomic E-state index is 12.3. The molecule has 20 heavy (non-hydrogen) atoms. The van der Waals surface area contributed by atoms with Crippen molar-refractivity contribution < 1.29 is 18.4 Å². The maximum Gasteiger partial charge on any atom is 0.269 e. The minimum absolute atomic E-state index is 0.0689. The molecule has 1 aliphatic rings. The zero-order chi connectivity index (χ0) is 14.8. The van der Waals surface area contributed by atoms with Crippen molar-refractivity contribution in [1.29, 1.82) is 0 Å². The van der Waals surface area contributed by atoms with Crippen LogP contribution in [0.15, 0.2) is 24.3 Å². The number of hydrogen-bond acceptors (Lipinski definition) is 5. The van der Waals surface area contributed by atoms with Crippen molar-refractivity contribution in [2.24, 2.45) is 0 Å². The quantitative estimate of drug-likeness (QED) is 0.642. The fraction of sp³-hybridized carbons (Fsp3) is 0.500. The number of aliphatic hydroxyl groups is 1. The first kappa shape index (κ1) is 14.9. The summed E-state index contributed by atoms with van der Waals surface area (Å²) in [5.74, 6) is -0.207. The van der Waals surface area contributed by atoms with E-state index in [0.29, 0.717) is 18.5 Å². The predicted octanol–water partition coefficient (Wildman–Crippen LogP) is 0.881. The van der Waals surface area contributed by atoms with Crippen LogP contribution in [0.1, 0.15) is 18.4 Å². The van der Waals surface area contributed by atoms with Gasteiger partial charge in [0.05, 0.1) is 17.3 Å². The minimum atomic E-state index is -3.50. The number of non-ortho nitro benzene ring substituents is 1. The molecule has 0 saturated carbocycles. The Bertz CT molecular complexity index is 584. The van der Waals surface area contributed by atoms with E-state index in [9.17, 15) is 23.6 Å². The van der Waals surface area contributed by atoms with Gasteiger partial charge in [-0.25, -0.2) is 8.42 Å². The second-order valence-electron chi connectivity index (χ2n) is 4.77. The van der Waals surface area contributed by atoms with E-state index >= 15 is 0 Å². The normalized spacial score (nSPS) is 20.1. The molecule has 8 heteroatoms. The summed E-state index contributed by atoms with van der Waals surface area (Å²) in [7, 11) is -3.50. The van der Waals surface area contributed by atoms with E-state index in [1.165, 1.54) is 28.6 Å². The monoisotopic (exact) mass is 300 g/mol. The molecule has 0 aromatic heterocycles. The van der Waals surface area contributed by atoms with Crippen LogP contribution in [0.4, 0.5) is 5.69 Å². The van der Waals surface area contributed by atoms with Gasteiger partial charge in [-0.1, -0.05) is 12.1 Å². The van der Waals surface area contributed by atoms with Crippen LogP contribution in [0.2, 0.25) is 0 Å². The highest BCUT2D eigenvalue weighted by molar-refractivity contribution is 7.88. The molecule has 0 spiro atoms. The third kappa shape index (κ3) is 3.14. The molecule has 1 unspecified atom stereocenters. The van der Waals surface area contributed by atoms with Crippen LogP contribution in [0.5, 0.6) is 0 Å². The fourth-order valence-electron chi connectivity index (χ4n) is 2.37. The lowest BCUT2D eigenvalue weighted by molar-refractivity contribution is -0.384. The van der Waals surface area contributed by atoms with E-state index < -0.39 is 14.9 Å². The first-order valence-electron chi connectivity index (χ1n) is 6.28. The summed E-state index contributed by atoms with van der Waals surface area (Å²) in [6, 6.07) is 5.12. The molecule has 110 valence electrons. The zero-order valence-corrected chi connectivity index (χ0v) is 11.6. The second-order valence-corrected chi connectivity index (χ2v) is 6.69. The molecule has 1 fully saturated rings. The third-order valence-corrected chi connectivity index (χ3v) is 5.28. The van der Waals surface area contributed by atoms with Crippen LogP contribution in [-0.4, -0.2) is 41.9 Å². The van der Waals surface area contributed by atoms with Crippen molar-refractivity contribution in [1.82, 2.24) is 4.31 Å². The Morgan fingerprint density at radius 1 is 1.35 bits per heavy atom. The van der Waals surface area contributed by atoms with Crippen molar-refractivity contribution in [3.05, 3.63) is 39.9 Å². The second kappa shape index (κ2) is 5.86. The number of rotatable bonds is 5. The molecule has 1 atom stereocenters. The smallest absolute Gasteiger partial charge is 0.269 e. The van der Waals surface area contributed by atoms with E-state index in [2.05, 4.69) is 0 Å². The van der Waals surface area contributed by atoms with Crippen molar-refractivity contribution in [2.45, 2.75) is 24.6 Å². The number of sulfonamides is 1. The number of benzene rings is 1. The van der Waals surface area contributed by atoms with Gasteiger partial charge in [0.25, 0.3) is 5.69 Å². The van der Waals surface area contributed by atoms with Gasteiger partial charge in [0.1, 0.15) is 0 Å². The van der Waals surface area contributed by atoms with Gasteiger partial charge in [-0.2, -0.15) is 4.31 Å². The van der Waals surface area contributed by atoms with Crippen LogP contribution in [0, 0.1) is 10.1 Å². The lowest BCUT2D eigenvalue weighted by Gasteiger charge is -2.22. The average Bonchev–Trinajstić information content (AvgIpc) is 2.88. The molecule has 0 bridgehead atoms. The van der Waals surface area contributed by atoms with Crippen LogP contribution in [-0.2, 0) is 15.8 Å². The van der Waals surface area contributed by atoms with E-state index in [1.807, 2.05) is 0 Å². The van der Waals surface area contributed by atoms with Crippen molar-refractivity contribution in [2.75, 3.05) is 13.2 Å². The van der Waals surface area contributed by atoms with Crippen molar-refractivity contribution in [3.63, 3.8) is 0 Å². The van der Waals surface area contributed by atoms with Crippen LogP contribution >= 0.6 is 0 Å². The summed E-state index contributed by atoms with van der Waals surface area (Å²) >= 11 is 0. The molecule has 1 N–H and O–H groups in total. The summed E-state index contributed by atoms with van der Waals surface area (Å²) in [4.78, 5) is 10.0.